The first-order chi connectivity index (χ1) is 14.1. The van der Waals surface area contributed by atoms with Crippen LogP contribution in [0.5, 0.6) is 0 Å². The summed E-state index contributed by atoms with van der Waals surface area (Å²) >= 11 is 4.68. The van der Waals surface area contributed by atoms with E-state index in [0.29, 0.717) is 10.3 Å². The maximum Gasteiger partial charge on any atom is 0.217 e. The molecule has 0 saturated carbocycles. The van der Waals surface area contributed by atoms with Gasteiger partial charge in [0, 0.05) is 14.1 Å². The lowest BCUT2D eigenvalue weighted by atomic mass is 10.4. The number of aliphatic imine (C=N–C) groups is 1. The first-order valence-corrected chi connectivity index (χ1v) is 11.4. The maximum atomic E-state index is 10.4. The van der Waals surface area contributed by atoms with Gasteiger partial charge in [-0.25, -0.2) is 4.99 Å². The molecular weight excluding hydrogens is 393 g/mol. The van der Waals surface area contributed by atoms with Crippen LogP contribution in [0.3, 0.4) is 0 Å². The Labute approximate surface area is 178 Å². The molecule has 3 aromatic rings. The normalized spacial score (nSPS) is 12.3. The van der Waals surface area contributed by atoms with Crippen LogP contribution in [0.1, 0.15) is 0 Å². The van der Waals surface area contributed by atoms with Crippen molar-refractivity contribution in [3.63, 3.8) is 0 Å². The van der Waals surface area contributed by atoms with Crippen molar-refractivity contribution < 1.29 is 0 Å². The van der Waals surface area contributed by atoms with Gasteiger partial charge in [-0.1, -0.05) is 54.6 Å². The molecule has 0 N–H and O–H groups in total. The van der Waals surface area contributed by atoms with E-state index in [1.165, 1.54) is 0 Å². The molecule has 29 heavy (non-hydrogen) atoms. The third-order valence-electron chi connectivity index (χ3n) is 4.49. The van der Waals surface area contributed by atoms with Crippen molar-refractivity contribution in [1.29, 1.82) is 5.26 Å². The molecule has 0 aliphatic heterocycles. The quantitative estimate of drug-likeness (QED) is 0.215. The number of nitrogens with zero attached hydrogens (tertiary/aromatic N) is 3. The molecule has 0 atom stereocenters. The fraction of sp³-hybridized carbons (Fsp3) is 0.0833. The van der Waals surface area contributed by atoms with Crippen LogP contribution >= 0.6 is 19.9 Å². The number of benzene rings is 3. The summed E-state index contributed by atoms with van der Waals surface area (Å²) in [7, 11) is 1.32. The van der Waals surface area contributed by atoms with Crippen LogP contribution in [-0.4, -0.2) is 25.3 Å². The lowest BCUT2D eigenvalue weighted by molar-refractivity contribution is 0.643. The zero-order valence-electron chi connectivity index (χ0n) is 16.5. The highest BCUT2D eigenvalue weighted by Gasteiger charge is 2.51. The van der Waals surface area contributed by atoms with Crippen molar-refractivity contribution in [2.75, 3.05) is 14.1 Å². The minimum absolute atomic E-state index is 0.436. The Morgan fingerprint density at radius 1 is 0.828 bits per heavy atom. The summed E-state index contributed by atoms with van der Waals surface area (Å²) < 4.78 is 0. The topological polar surface area (TPSA) is 39.4 Å². The highest BCUT2D eigenvalue weighted by atomic mass is 32.1. The summed E-state index contributed by atoms with van der Waals surface area (Å²) in [5.41, 5.74) is 0. The summed E-state index contributed by atoms with van der Waals surface area (Å²) in [4.78, 5) is 6.32. The van der Waals surface area contributed by atoms with Gasteiger partial charge in [-0.2, -0.15) is 5.26 Å². The van der Waals surface area contributed by atoms with Gasteiger partial charge in [0.25, 0.3) is 0 Å². The predicted molar refractivity (Wildman–Crippen MR) is 129 cm³/mol. The van der Waals surface area contributed by atoms with Gasteiger partial charge >= 0.3 is 0 Å². The van der Waals surface area contributed by atoms with Crippen LogP contribution in [0.25, 0.3) is 0 Å². The van der Waals surface area contributed by atoms with Crippen LogP contribution in [0, 0.1) is 11.3 Å². The Kier molecular flexibility index (Phi) is 6.88. The fourth-order valence-corrected chi connectivity index (χ4v) is 7.88. The lowest BCUT2D eigenvalue weighted by Gasteiger charge is -2.26. The molecular formula is C24H23N3PS+. The van der Waals surface area contributed by atoms with Crippen molar-refractivity contribution in [1.82, 2.24) is 4.90 Å². The van der Waals surface area contributed by atoms with Crippen LogP contribution < -0.4 is 15.9 Å². The number of nitriles is 1. The van der Waals surface area contributed by atoms with E-state index < -0.39 is 7.26 Å². The van der Waals surface area contributed by atoms with Gasteiger partial charge in [0.1, 0.15) is 27.0 Å². The molecule has 0 unspecified atom stereocenters. The first-order valence-electron chi connectivity index (χ1n) is 9.21. The van der Waals surface area contributed by atoms with E-state index in [1.54, 1.807) is 6.34 Å². The standard InChI is InChI=1S/C24H22N3PS/c1-27(2)19-26-24(29)23(18-25)28(20-12-6-3-7-13-20,21-14-8-4-9-15-21)22-16-10-5-11-17-22/h3-17,19H,1-2H3/p+1/b24-23-,26-19?. The van der Waals surface area contributed by atoms with Crippen LogP contribution in [-0.2, 0) is 0 Å². The lowest BCUT2D eigenvalue weighted by Crippen LogP contribution is -2.32. The Morgan fingerprint density at radius 2 is 1.21 bits per heavy atom. The fourth-order valence-electron chi connectivity index (χ4n) is 3.30. The second-order valence-corrected chi connectivity index (χ2v) is 10.4. The summed E-state index contributed by atoms with van der Waals surface area (Å²) in [6.07, 6.45) is 1.68. The minimum atomic E-state index is -2.47. The molecule has 5 heteroatoms. The molecule has 0 aliphatic rings. The molecule has 0 aromatic heterocycles. The Hall–Kier alpha value is -2.86. The van der Waals surface area contributed by atoms with Crippen molar-refractivity contribution in [3.05, 3.63) is 101 Å². The maximum absolute atomic E-state index is 10.4. The Bertz CT molecular complexity index is 943. The third kappa shape index (κ3) is 4.27. The average Bonchev–Trinajstić information content (AvgIpc) is 2.77. The first kappa shape index (κ1) is 20.9. The molecule has 0 saturated heterocycles. The van der Waals surface area contributed by atoms with Gasteiger partial charge in [0.05, 0.1) is 6.34 Å². The summed E-state index contributed by atoms with van der Waals surface area (Å²) in [5, 5.41) is 14.7. The second-order valence-electron chi connectivity index (χ2n) is 6.67. The number of hydrogen-bond donors (Lipinski definition) is 1. The van der Waals surface area contributed by atoms with E-state index >= 15 is 0 Å². The molecule has 0 radical (unpaired) electrons. The van der Waals surface area contributed by atoms with Gasteiger partial charge < -0.3 is 4.90 Å². The smallest absolute Gasteiger partial charge is 0.217 e. The van der Waals surface area contributed by atoms with Crippen molar-refractivity contribution in [2.24, 2.45) is 4.99 Å². The average molecular weight is 417 g/mol. The summed E-state index contributed by atoms with van der Waals surface area (Å²) in [5.74, 6) is 0. The van der Waals surface area contributed by atoms with Crippen LogP contribution in [0.4, 0.5) is 0 Å². The summed E-state index contributed by atoms with van der Waals surface area (Å²) in [6.45, 7) is 0. The number of rotatable bonds is 6. The molecule has 3 rings (SSSR count). The van der Waals surface area contributed by atoms with E-state index in [9.17, 15) is 5.26 Å². The molecule has 0 fully saturated rings. The van der Waals surface area contributed by atoms with Crippen LogP contribution in [0.15, 0.2) is 106 Å². The number of hydrogen-bond acceptors (Lipinski definition) is 3. The number of thiol groups is 1. The van der Waals surface area contributed by atoms with Gasteiger partial charge in [-0.3, -0.25) is 0 Å². The monoisotopic (exact) mass is 416 g/mol. The molecule has 144 valence electrons. The zero-order valence-corrected chi connectivity index (χ0v) is 18.3. The molecule has 3 aromatic carbocycles. The number of allylic oxidation sites excluding steroid dienone is 1. The molecule has 0 aliphatic carbocycles. The van der Waals surface area contributed by atoms with Gasteiger partial charge in [-0.15, -0.1) is 12.6 Å². The highest BCUT2D eigenvalue weighted by molar-refractivity contribution is 8.00. The zero-order chi connectivity index (χ0) is 20.7. The minimum Gasteiger partial charge on any atom is -0.369 e. The molecule has 0 amide bonds. The Balaban J connectivity index is 2.46. The largest absolute Gasteiger partial charge is 0.369 e. The molecule has 0 heterocycles. The molecule has 3 nitrogen and oxygen atoms in total. The van der Waals surface area contributed by atoms with E-state index in [0.717, 1.165) is 15.9 Å². The van der Waals surface area contributed by atoms with Crippen molar-refractivity contribution in [3.8, 4) is 6.07 Å². The molecule has 0 spiro atoms. The predicted octanol–water partition coefficient (Wildman–Crippen LogP) is 4.19. The van der Waals surface area contributed by atoms with Crippen molar-refractivity contribution in [2.45, 2.75) is 0 Å². The van der Waals surface area contributed by atoms with Crippen LogP contribution in [0.2, 0.25) is 0 Å². The van der Waals surface area contributed by atoms with Crippen molar-refractivity contribution >= 4 is 42.1 Å². The van der Waals surface area contributed by atoms with E-state index in [2.05, 4.69) is 60.1 Å². The van der Waals surface area contributed by atoms with Gasteiger partial charge in [0.15, 0.2) is 7.26 Å². The SMILES string of the molecule is CN(C)C=N/C(S)=C(\C#N)[P+](c1ccccc1)(c1ccccc1)c1ccccc1. The third-order valence-corrected chi connectivity index (χ3v) is 9.21. The van der Waals surface area contributed by atoms with E-state index in [1.807, 2.05) is 73.6 Å². The van der Waals surface area contributed by atoms with E-state index in [-0.39, 0.29) is 0 Å². The van der Waals surface area contributed by atoms with Gasteiger partial charge in [-0.05, 0) is 36.4 Å². The Morgan fingerprint density at radius 3 is 1.52 bits per heavy atom. The molecule has 0 bridgehead atoms. The summed E-state index contributed by atoms with van der Waals surface area (Å²) in [6, 6.07) is 33.2. The second kappa shape index (κ2) is 9.56. The highest BCUT2D eigenvalue weighted by Crippen LogP contribution is 2.63. The van der Waals surface area contributed by atoms with Gasteiger partial charge in [0.2, 0.25) is 5.31 Å². The van der Waals surface area contributed by atoms with E-state index in [4.69, 9.17) is 0 Å².